The van der Waals surface area contributed by atoms with E-state index in [1.54, 1.807) is 0 Å². The molecule has 15 heavy (non-hydrogen) atoms. The summed E-state index contributed by atoms with van der Waals surface area (Å²) in [5.74, 6) is -0.148. The highest BCUT2D eigenvalue weighted by atomic mass is 16.5. The van der Waals surface area contributed by atoms with Crippen LogP contribution in [0.2, 0.25) is 0 Å². The Kier molecular flexibility index (Phi) is 5.88. The largest absolute Gasteiger partial charge is 0.465 e. The van der Waals surface area contributed by atoms with Crippen molar-refractivity contribution < 1.29 is 9.53 Å². The summed E-state index contributed by atoms with van der Waals surface area (Å²) >= 11 is 0. The lowest BCUT2D eigenvalue weighted by atomic mass is 9.86. The van der Waals surface area contributed by atoms with Crippen molar-refractivity contribution in [2.75, 3.05) is 6.61 Å². The predicted octanol–water partition coefficient (Wildman–Crippen LogP) is 2.35. The summed E-state index contributed by atoms with van der Waals surface area (Å²) in [6.45, 7) is 12.6. The zero-order valence-electron chi connectivity index (χ0n) is 10.9. The van der Waals surface area contributed by atoms with E-state index in [1.165, 1.54) is 0 Å². The zero-order valence-corrected chi connectivity index (χ0v) is 10.9. The lowest BCUT2D eigenvalue weighted by molar-refractivity contribution is -0.148. The number of hydrogen-bond donors (Lipinski definition) is 1. The van der Waals surface area contributed by atoms with E-state index in [4.69, 9.17) is 4.74 Å². The molecule has 0 saturated carbocycles. The van der Waals surface area contributed by atoms with Gasteiger partial charge in [-0.2, -0.15) is 0 Å². The molecular weight excluding hydrogens is 190 g/mol. The maximum atomic E-state index is 11.8. The molecule has 3 heteroatoms. The van der Waals surface area contributed by atoms with Crippen molar-refractivity contribution in [3.63, 3.8) is 0 Å². The Balaban J connectivity index is 4.52. The molecule has 0 aromatic carbocycles. The molecule has 2 atom stereocenters. The molecule has 0 radical (unpaired) electrons. The van der Waals surface area contributed by atoms with Gasteiger partial charge in [0.1, 0.15) is 6.04 Å². The Labute approximate surface area is 93.6 Å². The maximum absolute atomic E-state index is 11.8. The standard InChI is InChI=1S/C12H25NO2/c1-7-9(3)13-10(12(4,5)6)11(14)15-8-2/h9-10,13H,7-8H2,1-6H3. The second kappa shape index (κ2) is 6.11. The van der Waals surface area contributed by atoms with Gasteiger partial charge in [0.05, 0.1) is 6.61 Å². The van der Waals surface area contributed by atoms with Crippen LogP contribution in [0.5, 0.6) is 0 Å². The highest BCUT2D eigenvalue weighted by Gasteiger charge is 2.32. The molecular formula is C12H25NO2. The molecule has 0 saturated heterocycles. The quantitative estimate of drug-likeness (QED) is 0.715. The third-order valence-corrected chi connectivity index (χ3v) is 2.45. The van der Waals surface area contributed by atoms with Crippen LogP contribution in [-0.2, 0) is 9.53 Å². The van der Waals surface area contributed by atoms with E-state index in [0.717, 1.165) is 6.42 Å². The topological polar surface area (TPSA) is 38.3 Å². The van der Waals surface area contributed by atoms with Crippen LogP contribution in [0, 0.1) is 5.41 Å². The van der Waals surface area contributed by atoms with Crippen LogP contribution in [0.15, 0.2) is 0 Å². The number of rotatable bonds is 5. The van der Waals surface area contributed by atoms with Crippen molar-refractivity contribution in [1.82, 2.24) is 5.32 Å². The van der Waals surface area contributed by atoms with Gasteiger partial charge in [-0.15, -0.1) is 0 Å². The molecule has 90 valence electrons. The highest BCUT2D eigenvalue weighted by molar-refractivity contribution is 5.76. The minimum absolute atomic E-state index is 0.115. The smallest absolute Gasteiger partial charge is 0.323 e. The summed E-state index contributed by atoms with van der Waals surface area (Å²) in [7, 11) is 0. The molecule has 0 aromatic heterocycles. The second-order valence-corrected chi connectivity index (χ2v) is 5.03. The molecule has 2 unspecified atom stereocenters. The first-order chi connectivity index (χ1) is 6.82. The molecule has 0 aliphatic heterocycles. The van der Waals surface area contributed by atoms with Crippen molar-refractivity contribution in [3.8, 4) is 0 Å². The number of ether oxygens (including phenoxy) is 1. The van der Waals surface area contributed by atoms with Crippen LogP contribution >= 0.6 is 0 Å². The molecule has 0 rings (SSSR count). The van der Waals surface area contributed by atoms with E-state index in [1.807, 2.05) is 27.7 Å². The van der Waals surface area contributed by atoms with E-state index in [9.17, 15) is 4.79 Å². The van der Waals surface area contributed by atoms with E-state index in [0.29, 0.717) is 12.6 Å². The highest BCUT2D eigenvalue weighted by Crippen LogP contribution is 2.21. The molecule has 0 aliphatic rings. The fourth-order valence-electron chi connectivity index (χ4n) is 1.30. The van der Waals surface area contributed by atoms with Gasteiger partial charge in [-0.25, -0.2) is 0 Å². The Morgan fingerprint density at radius 2 is 1.87 bits per heavy atom. The van der Waals surface area contributed by atoms with Crippen LogP contribution in [0.3, 0.4) is 0 Å². The Morgan fingerprint density at radius 3 is 2.20 bits per heavy atom. The van der Waals surface area contributed by atoms with Crippen molar-refractivity contribution >= 4 is 5.97 Å². The van der Waals surface area contributed by atoms with Crippen LogP contribution in [-0.4, -0.2) is 24.7 Å². The maximum Gasteiger partial charge on any atom is 0.323 e. The molecule has 0 aromatic rings. The second-order valence-electron chi connectivity index (χ2n) is 5.03. The van der Waals surface area contributed by atoms with Gasteiger partial charge in [0, 0.05) is 6.04 Å². The molecule has 0 amide bonds. The molecule has 0 bridgehead atoms. The van der Waals surface area contributed by atoms with E-state index in [-0.39, 0.29) is 17.4 Å². The fourth-order valence-corrected chi connectivity index (χ4v) is 1.30. The third kappa shape index (κ3) is 5.17. The number of carbonyl (C=O) groups is 1. The molecule has 0 fully saturated rings. The van der Waals surface area contributed by atoms with Crippen LogP contribution in [0.1, 0.15) is 48.0 Å². The summed E-state index contributed by atoms with van der Waals surface area (Å²) in [6, 6.07) is 0.103. The van der Waals surface area contributed by atoms with Crippen LogP contribution < -0.4 is 5.32 Å². The van der Waals surface area contributed by atoms with Crippen LogP contribution in [0.4, 0.5) is 0 Å². The molecule has 0 spiro atoms. The average molecular weight is 215 g/mol. The third-order valence-electron chi connectivity index (χ3n) is 2.45. The monoisotopic (exact) mass is 215 g/mol. The number of nitrogens with one attached hydrogen (secondary N) is 1. The summed E-state index contributed by atoms with van der Waals surface area (Å²) in [5.41, 5.74) is -0.115. The Hall–Kier alpha value is -0.570. The van der Waals surface area contributed by atoms with Gasteiger partial charge in [0.2, 0.25) is 0 Å². The minimum atomic E-state index is -0.229. The Morgan fingerprint density at radius 1 is 1.33 bits per heavy atom. The van der Waals surface area contributed by atoms with Gasteiger partial charge in [0.25, 0.3) is 0 Å². The first kappa shape index (κ1) is 14.4. The molecule has 3 nitrogen and oxygen atoms in total. The lowest BCUT2D eigenvalue weighted by Crippen LogP contribution is -2.50. The van der Waals surface area contributed by atoms with E-state index in [2.05, 4.69) is 19.2 Å². The number of carbonyl (C=O) groups excluding carboxylic acids is 1. The van der Waals surface area contributed by atoms with Crippen molar-refractivity contribution in [2.24, 2.45) is 5.41 Å². The SMILES string of the molecule is CCOC(=O)C(NC(C)CC)C(C)(C)C. The van der Waals surface area contributed by atoms with Gasteiger partial charge in [-0.1, -0.05) is 27.7 Å². The van der Waals surface area contributed by atoms with Crippen molar-refractivity contribution in [3.05, 3.63) is 0 Å². The van der Waals surface area contributed by atoms with E-state index >= 15 is 0 Å². The number of hydrogen-bond acceptors (Lipinski definition) is 3. The number of esters is 1. The van der Waals surface area contributed by atoms with Crippen molar-refractivity contribution in [2.45, 2.75) is 60.0 Å². The zero-order chi connectivity index (χ0) is 12.1. The van der Waals surface area contributed by atoms with Gasteiger partial charge in [-0.05, 0) is 25.7 Å². The lowest BCUT2D eigenvalue weighted by Gasteiger charge is -2.31. The van der Waals surface area contributed by atoms with Gasteiger partial charge in [0.15, 0.2) is 0 Å². The first-order valence-electron chi connectivity index (χ1n) is 5.75. The molecule has 0 aliphatic carbocycles. The van der Waals surface area contributed by atoms with Gasteiger partial charge < -0.3 is 10.1 Å². The first-order valence-corrected chi connectivity index (χ1v) is 5.75. The van der Waals surface area contributed by atoms with E-state index < -0.39 is 0 Å². The fraction of sp³-hybridized carbons (Fsp3) is 0.917. The summed E-state index contributed by atoms with van der Waals surface area (Å²) in [4.78, 5) is 11.8. The summed E-state index contributed by atoms with van der Waals surface area (Å²) in [6.07, 6.45) is 1.01. The normalized spacial score (nSPS) is 15.9. The molecule has 0 heterocycles. The summed E-state index contributed by atoms with van der Waals surface area (Å²) < 4.78 is 5.07. The van der Waals surface area contributed by atoms with Crippen molar-refractivity contribution in [1.29, 1.82) is 0 Å². The minimum Gasteiger partial charge on any atom is -0.465 e. The van der Waals surface area contributed by atoms with Crippen LogP contribution in [0.25, 0.3) is 0 Å². The van der Waals surface area contributed by atoms with Gasteiger partial charge >= 0.3 is 5.97 Å². The summed E-state index contributed by atoms with van der Waals surface area (Å²) in [5, 5.41) is 3.32. The molecule has 1 N–H and O–H groups in total. The average Bonchev–Trinajstić information content (AvgIpc) is 2.12. The Bertz CT molecular complexity index is 196. The van der Waals surface area contributed by atoms with Gasteiger partial charge in [-0.3, -0.25) is 4.79 Å². The predicted molar refractivity (Wildman–Crippen MR) is 62.8 cm³/mol.